The number of benzene rings is 1. The lowest BCUT2D eigenvalue weighted by Gasteiger charge is -2.06. The van der Waals surface area contributed by atoms with Crippen molar-refractivity contribution >= 4 is 28.4 Å². The molecule has 25 heavy (non-hydrogen) atoms. The molecule has 0 aliphatic carbocycles. The van der Waals surface area contributed by atoms with Crippen LogP contribution in [0.25, 0.3) is 10.9 Å². The lowest BCUT2D eigenvalue weighted by Crippen LogP contribution is -2.31. The van der Waals surface area contributed by atoms with Gasteiger partial charge in [0.25, 0.3) is 5.91 Å². The van der Waals surface area contributed by atoms with Crippen molar-refractivity contribution < 1.29 is 13.9 Å². The van der Waals surface area contributed by atoms with Crippen molar-refractivity contribution in [2.45, 2.75) is 13.3 Å². The molecular formula is C18H17ClN2O4. The maximum atomic E-state index is 11.8. The molecule has 0 unspecified atom stereocenters. The number of carbonyl (C=O) groups excluding carboxylic acids is 1. The minimum absolute atomic E-state index is 0.0204. The molecule has 0 bridgehead atoms. The van der Waals surface area contributed by atoms with Gasteiger partial charge in [-0.25, -0.2) is 0 Å². The number of nitrogens with one attached hydrogen (secondary N) is 2. The Hall–Kier alpha value is -2.73. The monoisotopic (exact) mass is 360 g/mol. The van der Waals surface area contributed by atoms with E-state index in [1.54, 1.807) is 6.92 Å². The molecule has 0 radical (unpaired) electrons. The molecule has 2 heterocycles. The van der Waals surface area contributed by atoms with Crippen molar-refractivity contribution in [1.29, 1.82) is 0 Å². The Morgan fingerprint density at radius 2 is 2.20 bits per heavy atom. The molecular weight excluding hydrogens is 344 g/mol. The molecule has 0 atom stereocenters. The Balaban J connectivity index is 1.50. The summed E-state index contributed by atoms with van der Waals surface area (Å²) in [5.41, 5.74) is 1.75. The van der Waals surface area contributed by atoms with Crippen molar-refractivity contribution in [3.63, 3.8) is 0 Å². The van der Waals surface area contributed by atoms with Crippen LogP contribution in [0.15, 0.2) is 45.9 Å². The predicted molar refractivity (Wildman–Crippen MR) is 95.2 cm³/mol. The van der Waals surface area contributed by atoms with Crippen LogP contribution in [0, 0.1) is 6.92 Å². The third-order valence-corrected chi connectivity index (χ3v) is 3.97. The largest absolute Gasteiger partial charge is 0.477 e. The van der Waals surface area contributed by atoms with E-state index in [-0.39, 0.29) is 23.7 Å². The second-order valence-electron chi connectivity index (χ2n) is 5.61. The summed E-state index contributed by atoms with van der Waals surface area (Å²) in [6.45, 7) is 1.87. The first-order chi connectivity index (χ1) is 12.0. The van der Waals surface area contributed by atoms with E-state index in [2.05, 4.69) is 10.3 Å². The van der Waals surface area contributed by atoms with Crippen LogP contribution >= 0.6 is 11.6 Å². The standard InChI is InChI=1S/C18H17ClN2O4/c1-11-6-16(22)17(9-24-11)25-10-18(23)20-5-4-12-8-21-15-3-2-13(19)7-14(12)15/h2-3,6-9,21H,4-5,10H2,1H3,(H,20,23). The number of ether oxygens (including phenoxy) is 1. The first kappa shape index (κ1) is 17.1. The number of hydrogen-bond acceptors (Lipinski definition) is 4. The Morgan fingerprint density at radius 3 is 3.00 bits per heavy atom. The van der Waals surface area contributed by atoms with Crippen LogP contribution in [0.1, 0.15) is 11.3 Å². The third-order valence-electron chi connectivity index (χ3n) is 3.73. The average molecular weight is 361 g/mol. The number of amides is 1. The maximum absolute atomic E-state index is 11.8. The Kier molecular flexibility index (Phi) is 5.09. The minimum atomic E-state index is -0.313. The molecule has 0 saturated heterocycles. The Bertz CT molecular complexity index is 961. The van der Waals surface area contributed by atoms with Crippen molar-refractivity contribution in [3.8, 4) is 5.75 Å². The van der Waals surface area contributed by atoms with E-state index in [4.69, 9.17) is 20.8 Å². The summed E-state index contributed by atoms with van der Waals surface area (Å²) in [5, 5.41) is 4.46. The van der Waals surface area contributed by atoms with Gasteiger partial charge < -0.3 is 19.5 Å². The smallest absolute Gasteiger partial charge is 0.257 e. The molecule has 1 amide bonds. The van der Waals surface area contributed by atoms with Crippen LogP contribution in [0.2, 0.25) is 5.02 Å². The molecule has 1 aromatic carbocycles. The highest BCUT2D eigenvalue weighted by atomic mass is 35.5. The van der Waals surface area contributed by atoms with Crippen LogP contribution in [0.4, 0.5) is 0 Å². The van der Waals surface area contributed by atoms with Crippen molar-refractivity contribution in [2.24, 2.45) is 0 Å². The van der Waals surface area contributed by atoms with Gasteiger partial charge in [-0.15, -0.1) is 0 Å². The number of carbonyl (C=O) groups is 1. The molecule has 7 heteroatoms. The summed E-state index contributed by atoms with van der Waals surface area (Å²) in [7, 11) is 0. The molecule has 0 saturated carbocycles. The van der Waals surface area contributed by atoms with Gasteiger partial charge in [0, 0.05) is 34.7 Å². The number of aryl methyl sites for hydroxylation is 1. The van der Waals surface area contributed by atoms with Crippen molar-refractivity contribution in [3.05, 3.63) is 63.3 Å². The van der Waals surface area contributed by atoms with E-state index < -0.39 is 0 Å². The fraction of sp³-hybridized carbons (Fsp3) is 0.222. The summed E-state index contributed by atoms with van der Waals surface area (Å²) in [6.07, 6.45) is 3.76. The third kappa shape index (κ3) is 4.22. The van der Waals surface area contributed by atoms with E-state index in [0.717, 1.165) is 16.5 Å². The van der Waals surface area contributed by atoms with Crippen LogP contribution in [0.3, 0.4) is 0 Å². The van der Waals surface area contributed by atoms with Gasteiger partial charge in [0.15, 0.2) is 6.61 Å². The van der Waals surface area contributed by atoms with Crippen LogP contribution in [0.5, 0.6) is 5.75 Å². The van der Waals surface area contributed by atoms with Gasteiger partial charge in [-0.05, 0) is 37.1 Å². The number of H-pyrrole nitrogens is 1. The Labute approximate surface area is 148 Å². The van der Waals surface area contributed by atoms with Gasteiger partial charge in [-0.3, -0.25) is 9.59 Å². The highest BCUT2D eigenvalue weighted by molar-refractivity contribution is 6.31. The lowest BCUT2D eigenvalue weighted by molar-refractivity contribution is -0.123. The van der Waals surface area contributed by atoms with Crippen LogP contribution < -0.4 is 15.5 Å². The molecule has 3 rings (SSSR count). The second kappa shape index (κ2) is 7.44. The molecule has 2 N–H and O–H groups in total. The van der Waals surface area contributed by atoms with Gasteiger partial charge in [-0.1, -0.05) is 11.6 Å². The summed E-state index contributed by atoms with van der Waals surface area (Å²) in [6, 6.07) is 6.95. The van der Waals surface area contributed by atoms with Gasteiger partial charge in [-0.2, -0.15) is 0 Å². The molecule has 3 aromatic rings. The maximum Gasteiger partial charge on any atom is 0.257 e. The van der Waals surface area contributed by atoms with Crippen molar-refractivity contribution in [2.75, 3.05) is 13.2 Å². The molecule has 6 nitrogen and oxygen atoms in total. The zero-order valence-electron chi connectivity index (χ0n) is 13.6. The highest BCUT2D eigenvalue weighted by Gasteiger charge is 2.08. The fourth-order valence-electron chi connectivity index (χ4n) is 2.49. The quantitative estimate of drug-likeness (QED) is 0.708. The summed E-state index contributed by atoms with van der Waals surface area (Å²) in [4.78, 5) is 26.7. The zero-order valence-corrected chi connectivity index (χ0v) is 14.4. The van der Waals surface area contributed by atoms with Crippen LogP contribution in [-0.2, 0) is 11.2 Å². The number of halogens is 1. The van der Waals surface area contributed by atoms with E-state index in [1.165, 1.54) is 12.3 Å². The number of hydrogen-bond donors (Lipinski definition) is 2. The minimum Gasteiger partial charge on any atom is -0.477 e. The topological polar surface area (TPSA) is 84.3 Å². The SMILES string of the molecule is Cc1cc(=O)c(OCC(=O)NCCc2c[nH]c3ccc(Cl)cc23)co1. The zero-order chi connectivity index (χ0) is 17.8. The van der Waals surface area contributed by atoms with E-state index in [1.807, 2.05) is 24.4 Å². The van der Waals surface area contributed by atoms with Crippen LogP contribution in [-0.4, -0.2) is 24.0 Å². The number of aromatic nitrogens is 1. The summed E-state index contributed by atoms with van der Waals surface area (Å²) in [5.74, 6) is 0.200. The number of aromatic amines is 1. The van der Waals surface area contributed by atoms with Gasteiger partial charge >= 0.3 is 0 Å². The van der Waals surface area contributed by atoms with Crippen molar-refractivity contribution in [1.82, 2.24) is 10.3 Å². The van der Waals surface area contributed by atoms with E-state index >= 15 is 0 Å². The highest BCUT2D eigenvalue weighted by Crippen LogP contribution is 2.22. The normalized spacial score (nSPS) is 10.8. The molecule has 2 aromatic heterocycles. The second-order valence-corrected chi connectivity index (χ2v) is 6.05. The van der Waals surface area contributed by atoms with E-state index in [9.17, 15) is 9.59 Å². The average Bonchev–Trinajstić information content (AvgIpc) is 2.96. The summed E-state index contributed by atoms with van der Waals surface area (Å²) < 4.78 is 10.3. The molecule has 0 aliphatic rings. The van der Waals surface area contributed by atoms with E-state index in [0.29, 0.717) is 23.7 Å². The first-order valence-electron chi connectivity index (χ1n) is 7.77. The lowest BCUT2D eigenvalue weighted by atomic mass is 10.1. The van der Waals surface area contributed by atoms with Gasteiger partial charge in [0.1, 0.15) is 12.0 Å². The molecule has 0 spiro atoms. The molecule has 130 valence electrons. The molecule has 0 fully saturated rings. The predicted octanol–water partition coefficient (Wildman–Crippen LogP) is 2.82. The molecule has 0 aliphatic heterocycles. The number of fused-ring (bicyclic) bond motifs is 1. The van der Waals surface area contributed by atoms with Gasteiger partial charge in [0.2, 0.25) is 11.2 Å². The summed E-state index contributed by atoms with van der Waals surface area (Å²) >= 11 is 6.02. The van der Waals surface area contributed by atoms with Gasteiger partial charge in [0.05, 0.1) is 0 Å². The fourth-order valence-corrected chi connectivity index (χ4v) is 2.66. The number of rotatable bonds is 6. The Morgan fingerprint density at radius 1 is 1.36 bits per heavy atom. The first-order valence-corrected chi connectivity index (χ1v) is 8.15.